The summed E-state index contributed by atoms with van der Waals surface area (Å²) >= 11 is 0. The summed E-state index contributed by atoms with van der Waals surface area (Å²) in [6.45, 7) is 7.25. The minimum atomic E-state index is -0.358. The second-order valence-electron chi connectivity index (χ2n) is 6.24. The third kappa shape index (κ3) is 5.03. The van der Waals surface area contributed by atoms with Crippen molar-refractivity contribution in [1.29, 1.82) is 0 Å². The zero-order chi connectivity index (χ0) is 17.5. The van der Waals surface area contributed by atoms with Crippen LogP contribution in [0.3, 0.4) is 0 Å². The molecule has 0 unspecified atom stereocenters. The number of hydrogen-bond acceptors (Lipinski definition) is 3. The number of unbranched alkanes of at least 4 members (excludes halogenated alkanes) is 1. The van der Waals surface area contributed by atoms with Crippen LogP contribution >= 0.6 is 0 Å². The van der Waals surface area contributed by atoms with Crippen molar-refractivity contribution in [2.45, 2.75) is 26.7 Å². The lowest BCUT2D eigenvalue weighted by molar-refractivity contribution is -0.122. The fraction of sp³-hybridized carbons (Fsp3) is 0.556. The largest absolute Gasteiger partial charge is 0.355 e. The summed E-state index contributed by atoms with van der Waals surface area (Å²) in [6.07, 6.45) is 2.04. The molecule has 0 atom stereocenters. The Morgan fingerprint density at radius 1 is 1.21 bits per heavy atom. The van der Waals surface area contributed by atoms with Crippen LogP contribution in [0.2, 0.25) is 0 Å². The molecule has 1 aliphatic heterocycles. The Morgan fingerprint density at radius 2 is 1.92 bits per heavy atom. The first-order chi connectivity index (χ1) is 11.5. The first-order valence-electron chi connectivity index (χ1n) is 8.55. The quantitative estimate of drug-likeness (QED) is 0.807. The lowest BCUT2D eigenvalue weighted by atomic mass is 10.1. The molecule has 2 rings (SSSR count). The SMILES string of the molecule is CCCCNC(=O)CN1CCN(C(=O)c2ccc(C)c(F)c2)CC1. The Bertz CT molecular complexity index is 584. The molecular weight excluding hydrogens is 309 g/mol. The van der Waals surface area contributed by atoms with Crippen LogP contribution in [0.15, 0.2) is 18.2 Å². The van der Waals surface area contributed by atoms with Crippen molar-refractivity contribution in [2.24, 2.45) is 0 Å². The van der Waals surface area contributed by atoms with Gasteiger partial charge < -0.3 is 10.2 Å². The van der Waals surface area contributed by atoms with Gasteiger partial charge in [-0.25, -0.2) is 4.39 Å². The van der Waals surface area contributed by atoms with Crippen LogP contribution in [-0.2, 0) is 4.79 Å². The van der Waals surface area contributed by atoms with Gasteiger partial charge in [0.1, 0.15) is 5.82 Å². The zero-order valence-corrected chi connectivity index (χ0v) is 14.5. The molecule has 0 saturated carbocycles. The summed E-state index contributed by atoms with van der Waals surface area (Å²) in [5.41, 5.74) is 0.911. The molecule has 0 aliphatic carbocycles. The van der Waals surface area contributed by atoms with Gasteiger partial charge in [-0.05, 0) is 31.0 Å². The predicted molar refractivity (Wildman–Crippen MR) is 91.4 cm³/mol. The van der Waals surface area contributed by atoms with Gasteiger partial charge >= 0.3 is 0 Å². The number of piperazine rings is 1. The molecule has 0 aromatic heterocycles. The molecule has 0 bridgehead atoms. The van der Waals surface area contributed by atoms with Gasteiger partial charge in [-0.2, -0.15) is 0 Å². The number of carbonyl (C=O) groups is 2. The van der Waals surface area contributed by atoms with E-state index in [1.165, 1.54) is 6.07 Å². The number of nitrogens with one attached hydrogen (secondary N) is 1. The van der Waals surface area contributed by atoms with Gasteiger partial charge in [0.2, 0.25) is 5.91 Å². The molecule has 0 radical (unpaired) electrons. The van der Waals surface area contributed by atoms with Crippen LogP contribution in [0.4, 0.5) is 4.39 Å². The first-order valence-corrected chi connectivity index (χ1v) is 8.55. The van der Waals surface area contributed by atoms with Crippen molar-refractivity contribution in [3.05, 3.63) is 35.1 Å². The number of benzene rings is 1. The summed E-state index contributed by atoms with van der Waals surface area (Å²) in [5, 5.41) is 2.90. The molecule has 1 fully saturated rings. The Hall–Kier alpha value is -1.95. The number of rotatable bonds is 6. The van der Waals surface area contributed by atoms with Crippen LogP contribution in [0, 0.1) is 12.7 Å². The lowest BCUT2D eigenvalue weighted by Crippen LogP contribution is -2.51. The Labute approximate surface area is 142 Å². The first kappa shape index (κ1) is 18.4. The van der Waals surface area contributed by atoms with Crippen molar-refractivity contribution >= 4 is 11.8 Å². The van der Waals surface area contributed by atoms with E-state index in [9.17, 15) is 14.0 Å². The van der Waals surface area contributed by atoms with Crippen LogP contribution in [0.25, 0.3) is 0 Å². The normalized spacial score (nSPS) is 15.4. The maximum Gasteiger partial charge on any atom is 0.254 e. The summed E-state index contributed by atoms with van der Waals surface area (Å²) in [6, 6.07) is 4.58. The lowest BCUT2D eigenvalue weighted by Gasteiger charge is -2.34. The molecule has 1 aromatic carbocycles. The molecule has 1 heterocycles. The second kappa shape index (κ2) is 8.78. The summed E-state index contributed by atoms with van der Waals surface area (Å²) in [7, 11) is 0. The average Bonchev–Trinajstić information content (AvgIpc) is 2.57. The van der Waals surface area contributed by atoms with E-state index >= 15 is 0 Å². The minimum Gasteiger partial charge on any atom is -0.355 e. The highest BCUT2D eigenvalue weighted by molar-refractivity contribution is 5.94. The molecule has 24 heavy (non-hydrogen) atoms. The Balaban J connectivity index is 1.80. The van der Waals surface area contributed by atoms with Crippen LogP contribution < -0.4 is 5.32 Å². The van der Waals surface area contributed by atoms with Crippen molar-refractivity contribution in [2.75, 3.05) is 39.3 Å². The number of nitrogens with zero attached hydrogens (tertiary/aromatic N) is 2. The van der Waals surface area contributed by atoms with E-state index in [1.807, 2.05) is 4.90 Å². The third-order valence-electron chi connectivity index (χ3n) is 4.30. The smallest absolute Gasteiger partial charge is 0.254 e. The van der Waals surface area contributed by atoms with Crippen molar-refractivity contribution < 1.29 is 14.0 Å². The molecule has 0 spiro atoms. The van der Waals surface area contributed by atoms with E-state index in [0.29, 0.717) is 50.4 Å². The molecule has 1 aromatic rings. The van der Waals surface area contributed by atoms with Crippen molar-refractivity contribution in [3.8, 4) is 0 Å². The standard InChI is InChI=1S/C18H26FN3O2/c1-3-4-7-20-17(23)13-21-8-10-22(11-9-21)18(24)15-6-5-14(2)16(19)12-15/h5-6,12H,3-4,7-11,13H2,1-2H3,(H,20,23). The zero-order valence-electron chi connectivity index (χ0n) is 14.5. The number of halogens is 1. The molecule has 1 N–H and O–H groups in total. The summed E-state index contributed by atoms with van der Waals surface area (Å²) < 4.78 is 13.6. The van der Waals surface area contributed by atoms with E-state index in [-0.39, 0.29) is 17.6 Å². The van der Waals surface area contributed by atoms with E-state index < -0.39 is 0 Å². The highest BCUT2D eigenvalue weighted by Crippen LogP contribution is 2.13. The highest BCUT2D eigenvalue weighted by atomic mass is 19.1. The van der Waals surface area contributed by atoms with Crippen LogP contribution in [-0.4, -0.2) is 60.9 Å². The van der Waals surface area contributed by atoms with Gasteiger partial charge in [-0.1, -0.05) is 19.4 Å². The Kier molecular flexibility index (Phi) is 6.73. The predicted octanol–water partition coefficient (Wildman–Crippen LogP) is 1.81. The topological polar surface area (TPSA) is 52.7 Å². The van der Waals surface area contributed by atoms with E-state index in [0.717, 1.165) is 12.8 Å². The van der Waals surface area contributed by atoms with Gasteiger partial charge in [-0.15, -0.1) is 0 Å². The highest BCUT2D eigenvalue weighted by Gasteiger charge is 2.23. The fourth-order valence-corrected chi connectivity index (χ4v) is 2.68. The van der Waals surface area contributed by atoms with Gasteiger partial charge in [0, 0.05) is 38.3 Å². The molecule has 132 valence electrons. The van der Waals surface area contributed by atoms with Crippen molar-refractivity contribution in [1.82, 2.24) is 15.1 Å². The van der Waals surface area contributed by atoms with Crippen molar-refractivity contribution in [3.63, 3.8) is 0 Å². The minimum absolute atomic E-state index is 0.0313. The number of aryl methyl sites for hydroxylation is 1. The number of carbonyl (C=O) groups excluding carboxylic acids is 2. The maximum absolute atomic E-state index is 13.6. The molecule has 1 saturated heterocycles. The van der Waals surface area contributed by atoms with E-state index in [1.54, 1.807) is 24.0 Å². The third-order valence-corrected chi connectivity index (χ3v) is 4.30. The van der Waals surface area contributed by atoms with Gasteiger partial charge in [-0.3, -0.25) is 14.5 Å². The Morgan fingerprint density at radius 3 is 2.54 bits per heavy atom. The van der Waals surface area contributed by atoms with Crippen LogP contribution in [0.5, 0.6) is 0 Å². The maximum atomic E-state index is 13.6. The second-order valence-corrected chi connectivity index (χ2v) is 6.24. The van der Waals surface area contributed by atoms with E-state index in [4.69, 9.17) is 0 Å². The average molecular weight is 335 g/mol. The molecular formula is C18H26FN3O2. The van der Waals surface area contributed by atoms with Gasteiger partial charge in [0.05, 0.1) is 6.54 Å². The molecule has 6 heteroatoms. The summed E-state index contributed by atoms with van der Waals surface area (Å²) in [5.74, 6) is -0.479. The number of hydrogen-bond donors (Lipinski definition) is 1. The van der Waals surface area contributed by atoms with Gasteiger partial charge in [0.15, 0.2) is 0 Å². The molecule has 5 nitrogen and oxygen atoms in total. The summed E-state index contributed by atoms with van der Waals surface area (Å²) in [4.78, 5) is 28.0. The fourth-order valence-electron chi connectivity index (χ4n) is 2.68. The molecule has 2 amide bonds. The van der Waals surface area contributed by atoms with Gasteiger partial charge in [0.25, 0.3) is 5.91 Å². The van der Waals surface area contributed by atoms with Crippen LogP contribution in [0.1, 0.15) is 35.7 Å². The van der Waals surface area contributed by atoms with E-state index in [2.05, 4.69) is 12.2 Å². The number of amides is 2. The molecule has 1 aliphatic rings. The monoisotopic (exact) mass is 335 g/mol.